The molecular formula is C13H21N3O. The molecule has 1 aromatic rings. The van der Waals surface area contributed by atoms with Gasteiger partial charge in [-0.25, -0.2) is 0 Å². The van der Waals surface area contributed by atoms with Gasteiger partial charge < -0.3 is 10.5 Å². The predicted octanol–water partition coefficient (Wildman–Crippen LogP) is 1.32. The second kappa shape index (κ2) is 5.02. The second-order valence-electron chi connectivity index (χ2n) is 4.80. The molecule has 1 fully saturated rings. The van der Waals surface area contributed by atoms with E-state index >= 15 is 0 Å². The molecule has 0 aromatic carbocycles. The predicted molar refractivity (Wildman–Crippen MR) is 68.0 cm³/mol. The van der Waals surface area contributed by atoms with Crippen LogP contribution < -0.4 is 10.5 Å². The smallest absolute Gasteiger partial charge is 0.122 e. The van der Waals surface area contributed by atoms with Crippen molar-refractivity contribution in [3.63, 3.8) is 0 Å². The van der Waals surface area contributed by atoms with Gasteiger partial charge in [0.1, 0.15) is 5.75 Å². The van der Waals surface area contributed by atoms with Crippen molar-refractivity contribution in [3.05, 3.63) is 23.5 Å². The van der Waals surface area contributed by atoms with Gasteiger partial charge in [0.05, 0.1) is 12.8 Å². The van der Waals surface area contributed by atoms with E-state index in [9.17, 15) is 0 Å². The van der Waals surface area contributed by atoms with Crippen LogP contribution in [0.25, 0.3) is 0 Å². The van der Waals surface area contributed by atoms with Crippen molar-refractivity contribution in [3.8, 4) is 5.75 Å². The third-order valence-electron chi connectivity index (χ3n) is 3.53. The number of methoxy groups -OCH3 is 1. The van der Waals surface area contributed by atoms with Gasteiger partial charge in [0.25, 0.3) is 0 Å². The largest absolute Gasteiger partial charge is 0.497 e. The third kappa shape index (κ3) is 2.76. The molecule has 17 heavy (non-hydrogen) atoms. The van der Waals surface area contributed by atoms with Crippen LogP contribution in [0.4, 0.5) is 0 Å². The minimum absolute atomic E-state index is 0.293. The molecule has 0 saturated carbocycles. The fraction of sp³-hybridized carbons (Fsp3) is 0.615. The Labute approximate surface area is 103 Å². The Morgan fingerprint density at radius 2 is 2.29 bits per heavy atom. The summed E-state index contributed by atoms with van der Waals surface area (Å²) >= 11 is 0. The number of hydrogen-bond donors (Lipinski definition) is 1. The molecule has 1 saturated heterocycles. The van der Waals surface area contributed by atoms with Crippen molar-refractivity contribution >= 4 is 0 Å². The van der Waals surface area contributed by atoms with E-state index in [0.29, 0.717) is 12.1 Å². The molecule has 0 spiro atoms. The molecule has 0 bridgehead atoms. The van der Waals surface area contributed by atoms with Crippen LogP contribution in [-0.4, -0.2) is 35.6 Å². The molecule has 1 aliphatic heterocycles. The van der Waals surface area contributed by atoms with Crippen molar-refractivity contribution in [2.24, 2.45) is 5.73 Å². The zero-order valence-electron chi connectivity index (χ0n) is 10.8. The lowest BCUT2D eigenvalue weighted by Gasteiger charge is -2.22. The second-order valence-corrected chi connectivity index (χ2v) is 4.80. The maximum atomic E-state index is 6.02. The molecular weight excluding hydrogens is 214 g/mol. The molecule has 4 nitrogen and oxygen atoms in total. The highest BCUT2D eigenvalue weighted by Gasteiger charge is 2.27. The van der Waals surface area contributed by atoms with Crippen molar-refractivity contribution < 1.29 is 4.74 Å². The molecule has 1 aliphatic rings. The number of nitrogens with two attached hydrogens (primary N) is 1. The highest BCUT2D eigenvalue weighted by molar-refractivity contribution is 5.26. The molecule has 2 heterocycles. The van der Waals surface area contributed by atoms with Crippen molar-refractivity contribution in [2.45, 2.75) is 38.9 Å². The zero-order valence-corrected chi connectivity index (χ0v) is 10.8. The van der Waals surface area contributed by atoms with Crippen molar-refractivity contribution in [1.29, 1.82) is 0 Å². The normalized spacial score (nSPS) is 25.2. The molecule has 94 valence electrons. The summed E-state index contributed by atoms with van der Waals surface area (Å²) < 4.78 is 5.26. The van der Waals surface area contributed by atoms with Crippen LogP contribution in [0.5, 0.6) is 5.75 Å². The van der Waals surface area contributed by atoms with Crippen LogP contribution in [0, 0.1) is 6.92 Å². The average Bonchev–Trinajstić information content (AvgIpc) is 2.60. The van der Waals surface area contributed by atoms with E-state index in [1.807, 2.05) is 19.1 Å². The molecule has 0 amide bonds. The van der Waals surface area contributed by atoms with Gasteiger partial charge in [0, 0.05) is 43.0 Å². The summed E-state index contributed by atoms with van der Waals surface area (Å²) in [5.41, 5.74) is 8.08. The van der Waals surface area contributed by atoms with Gasteiger partial charge in [-0.1, -0.05) is 0 Å². The first kappa shape index (κ1) is 12.3. The highest BCUT2D eigenvalue weighted by atomic mass is 16.5. The SMILES string of the molecule is COc1cc(C)nc(CN2CCC(N)C2C)c1. The number of ether oxygens (including phenoxy) is 1. The van der Waals surface area contributed by atoms with E-state index in [2.05, 4.69) is 16.8 Å². The van der Waals surface area contributed by atoms with Crippen molar-refractivity contribution in [2.75, 3.05) is 13.7 Å². The minimum Gasteiger partial charge on any atom is -0.497 e. The molecule has 1 aromatic heterocycles. The van der Waals surface area contributed by atoms with E-state index in [4.69, 9.17) is 10.5 Å². The van der Waals surface area contributed by atoms with Crippen LogP contribution in [0.1, 0.15) is 24.7 Å². The van der Waals surface area contributed by atoms with Crippen LogP contribution in [0.2, 0.25) is 0 Å². The molecule has 0 aliphatic carbocycles. The minimum atomic E-state index is 0.293. The van der Waals surface area contributed by atoms with Gasteiger partial charge in [-0.15, -0.1) is 0 Å². The summed E-state index contributed by atoms with van der Waals surface area (Å²) in [7, 11) is 1.69. The number of rotatable bonds is 3. The van der Waals surface area contributed by atoms with Gasteiger partial charge >= 0.3 is 0 Å². The fourth-order valence-electron chi connectivity index (χ4n) is 2.36. The summed E-state index contributed by atoms with van der Waals surface area (Å²) in [6.07, 6.45) is 1.07. The highest BCUT2D eigenvalue weighted by Crippen LogP contribution is 2.20. The number of nitrogens with zero attached hydrogens (tertiary/aromatic N) is 2. The Balaban J connectivity index is 2.10. The lowest BCUT2D eigenvalue weighted by Crippen LogP contribution is -2.36. The Morgan fingerprint density at radius 1 is 1.53 bits per heavy atom. The molecule has 0 radical (unpaired) electrons. The Kier molecular flexibility index (Phi) is 3.64. The Morgan fingerprint density at radius 3 is 2.88 bits per heavy atom. The topological polar surface area (TPSA) is 51.4 Å². The first-order valence-electron chi connectivity index (χ1n) is 6.11. The summed E-state index contributed by atoms with van der Waals surface area (Å²) in [5.74, 6) is 0.878. The third-order valence-corrected chi connectivity index (χ3v) is 3.53. The van der Waals surface area contributed by atoms with Crippen molar-refractivity contribution in [1.82, 2.24) is 9.88 Å². The molecule has 4 heteroatoms. The van der Waals surface area contributed by atoms with Gasteiger partial charge in [-0.05, 0) is 20.3 Å². The quantitative estimate of drug-likeness (QED) is 0.858. The number of aromatic nitrogens is 1. The molecule has 2 rings (SSSR count). The zero-order chi connectivity index (χ0) is 12.4. The Hall–Kier alpha value is -1.13. The van der Waals surface area contributed by atoms with Crippen LogP contribution in [-0.2, 0) is 6.54 Å². The van der Waals surface area contributed by atoms with E-state index in [1.54, 1.807) is 7.11 Å². The summed E-state index contributed by atoms with van der Waals surface area (Å²) in [4.78, 5) is 6.92. The fourth-order valence-corrected chi connectivity index (χ4v) is 2.36. The number of pyridine rings is 1. The number of hydrogen-bond acceptors (Lipinski definition) is 4. The van der Waals surface area contributed by atoms with E-state index < -0.39 is 0 Å². The van der Waals surface area contributed by atoms with E-state index in [0.717, 1.165) is 36.6 Å². The molecule has 2 N–H and O–H groups in total. The van der Waals surface area contributed by atoms with Crippen LogP contribution in [0.15, 0.2) is 12.1 Å². The number of likely N-dealkylation sites (tertiary alicyclic amines) is 1. The van der Waals surface area contributed by atoms with Crippen LogP contribution >= 0.6 is 0 Å². The van der Waals surface area contributed by atoms with Gasteiger partial charge in [-0.3, -0.25) is 9.88 Å². The van der Waals surface area contributed by atoms with Gasteiger partial charge in [0.15, 0.2) is 0 Å². The lowest BCUT2D eigenvalue weighted by atomic mass is 10.1. The molecule has 2 atom stereocenters. The first-order valence-corrected chi connectivity index (χ1v) is 6.11. The van der Waals surface area contributed by atoms with Gasteiger partial charge in [-0.2, -0.15) is 0 Å². The van der Waals surface area contributed by atoms with E-state index in [-0.39, 0.29) is 0 Å². The summed E-state index contributed by atoms with van der Waals surface area (Å²) in [6, 6.07) is 4.68. The summed E-state index contributed by atoms with van der Waals surface area (Å²) in [5, 5.41) is 0. The average molecular weight is 235 g/mol. The van der Waals surface area contributed by atoms with Gasteiger partial charge in [0.2, 0.25) is 0 Å². The maximum Gasteiger partial charge on any atom is 0.122 e. The number of aryl methyl sites for hydroxylation is 1. The van der Waals surface area contributed by atoms with Crippen LogP contribution in [0.3, 0.4) is 0 Å². The Bertz CT molecular complexity index is 394. The monoisotopic (exact) mass is 235 g/mol. The van der Waals surface area contributed by atoms with E-state index in [1.165, 1.54) is 0 Å². The lowest BCUT2D eigenvalue weighted by molar-refractivity contribution is 0.248. The summed E-state index contributed by atoms with van der Waals surface area (Å²) in [6.45, 7) is 6.09. The standard InChI is InChI=1S/C13H21N3O/c1-9-6-12(17-3)7-11(15-9)8-16-5-4-13(14)10(16)2/h6-7,10,13H,4-5,8,14H2,1-3H3. The molecule has 2 unspecified atom stereocenters. The maximum absolute atomic E-state index is 6.02. The first-order chi connectivity index (χ1) is 8.10.